The van der Waals surface area contributed by atoms with Crippen molar-refractivity contribution in [3.05, 3.63) is 24.0 Å². The summed E-state index contributed by atoms with van der Waals surface area (Å²) in [6.45, 7) is 7.17. The molecular formula is C20H31N3O2. The van der Waals surface area contributed by atoms with Gasteiger partial charge in [-0.25, -0.2) is 0 Å². The topological polar surface area (TPSA) is 37.7 Å². The molecule has 0 aromatic carbocycles. The molecule has 138 valence electrons. The first kappa shape index (κ1) is 17.1. The summed E-state index contributed by atoms with van der Waals surface area (Å²) in [5.41, 5.74) is 1.33. The molecule has 1 saturated heterocycles. The highest BCUT2D eigenvalue weighted by Gasteiger charge is 2.26. The Morgan fingerprint density at radius 2 is 2.00 bits per heavy atom. The van der Waals surface area contributed by atoms with Gasteiger partial charge >= 0.3 is 0 Å². The highest BCUT2D eigenvalue weighted by molar-refractivity contribution is 5.78. The summed E-state index contributed by atoms with van der Waals surface area (Å²) in [7, 11) is 0. The number of amides is 1. The van der Waals surface area contributed by atoms with E-state index >= 15 is 0 Å². The molecule has 0 N–H and O–H groups in total. The predicted octanol–water partition coefficient (Wildman–Crippen LogP) is 2.36. The average Bonchev–Trinajstić information content (AvgIpc) is 3.11. The van der Waals surface area contributed by atoms with Gasteiger partial charge in [0.25, 0.3) is 0 Å². The van der Waals surface area contributed by atoms with Gasteiger partial charge in [-0.15, -0.1) is 0 Å². The summed E-state index contributed by atoms with van der Waals surface area (Å²) >= 11 is 0. The highest BCUT2D eigenvalue weighted by atomic mass is 16.5. The van der Waals surface area contributed by atoms with Crippen LogP contribution in [0, 0.1) is 11.8 Å². The second-order valence-electron chi connectivity index (χ2n) is 8.08. The number of ether oxygens (including phenoxy) is 1. The van der Waals surface area contributed by atoms with Crippen LogP contribution in [0.5, 0.6) is 0 Å². The molecule has 0 unspecified atom stereocenters. The summed E-state index contributed by atoms with van der Waals surface area (Å²) in [5.74, 6) is 1.69. The molecule has 2 aliphatic heterocycles. The first-order valence-corrected chi connectivity index (χ1v) is 10.00. The van der Waals surface area contributed by atoms with Crippen molar-refractivity contribution in [2.24, 2.45) is 11.8 Å². The number of hydrogen-bond acceptors (Lipinski definition) is 3. The lowest BCUT2D eigenvalue weighted by atomic mass is 10.1. The van der Waals surface area contributed by atoms with Crippen molar-refractivity contribution in [1.29, 1.82) is 0 Å². The standard InChI is InChI=1S/C20H31N3O2/c24-20(22-8-1-2-9-22)15-21-12-18(7-11-25-16-17-5-6-17)13-23-10-3-4-19(23)14-21/h3-4,10,17-18H,1-2,5-9,11-16H2/t18-/m0/s1. The number of hydrogen-bond donors (Lipinski definition) is 0. The Bertz CT molecular complexity index is 575. The minimum absolute atomic E-state index is 0.307. The molecule has 1 aromatic rings. The number of carbonyl (C=O) groups is 1. The van der Waals surface area contributed by atoms with Crippen LogP contribution in [0.1, 0.15) is 37.8 Å². The van der Waals surface area contributed by atoms with E-state index in [9.17, 15) is 4.79 Å². The molecule has 4 rings (SSSR count). The molecule has 3 heterocycles. The summed E-state index contributed by atoms with van der Waals surface area (Å²) in [6.07, 6.45) is 8.29. The second kappa shape index (κ2) is 7.92. The van der Waals surface area contributed by atoms with Crippen LogP contribution in [0.4, 0.5) is 0 Å². The Labute approximate surface area is 150 Å². The maximum atomic E-state index is 12.6. The zero-order chi connectivity index (χ0) is 17.1. The van der Waals surface area contributed by atoms with Crippen molar-refractivity contribution in [1.82, 2.24) is 14.4 Å². The highest BCUT2D eigenvalue weighted by Crippen LogP contribution is 2.29. The SMILES string of the molecule is O=C(CN1Cc2cccn2C[C@@H](CCOCC2CC2)C1)N1CCCC1. The van der Waals surface area contributed by atoms with Gasteiger partial charge in [0.15, 0.2) is 0 Å². The average molecular weight is 345 g/mol. The molecule has 1 atom stereocenters. The third kappa shape index (κ3) is 4.64. The summed E-state index contributed by atoms with van der Waals surface area (Å²) in [6, 6.07) is 4.32. The third-order valence-electron chi connectivity index (χ3n) is 5.82. The Hall–Kier alpha value is -1.33. The molecule has 0 radical (unpaired) electrons. The van der Waals surface area contributed by atoms with Gasteiger partial charge in [0, 0.05) is 57.8 Å². The summed E-state index contributed by atoms with van der Waals surface area (Å²) in [5, 5.41) is 0. The predicted molar refractivity (Wildman–Crippen MR) is 97.2 cm³/mol. The molecule has 0 bridgehead atoms. The number of nitrogens with zero attached hydrogens (tertiary/aromatic N) is 3. The smallest absolute Gasteiger partial charge is 0.236 e. The molecule has 3 aliphatic rings. The number of carbonyl (C=O) groups excluding carboxylic acids is 1. The fourth-order valence-corrected chi connectivity index (χ4v) is 4.11. The van der Waals surface area contributed by atoms with Crippen molar-refractivity contribution < 1.29 is 9.53 Å². The fourth-order valence-electron chi connectivity index (χ4n) is 4.11. The molecule has 1 saturated carbocycles. The van der Waals surface area contributed by atoms with E-state index in [1.165, 1.54) is 18.5 Å². The van der Waals surface area contributed by atoms with Gasteiger partial charge in [-0.3, -0.25) is 9.69 Å². The van der Waals surface area contributed by atoms with E-state index in [1.807, 2.05) is 4.90 Å². The molecule has 1 aliphatic carbocycles. The monoisotopic (exact) mass is 345 g/mol. The zero-order valence-corrected chi connectivity index (χ0v) is 15.2. The van der Waals surface area contributed by atoms with E-state index < -0.39 is 0 Å². The van der Waals surface area contributed by atoms with Crippen molar-refractivity contribution >= 4 is 5.91 Å². The molecule has 1 aromatic heterocycles. The van der Waals surface area contributed by atoms with Crippen LogP contribution in [0.15, 0.2) is 18.3 Å². The zero-order valence-electron chi connectivity index (χ0n) is 15.2. The van der Waals surface area contributed by atoms with E-state index in [1.54, 1.807) is 0 Å². The first-order valence-electron chi connectivity index (χ1n) is 10.00. The minimum Gasteiger partial charge on any atom is -0.381 e. The molecule has 5 heteroatoms. The maximum Gasteiger partial charge on any atom is 0.236 e. The van der Waals surface area contributed by atoms with Crippen molar-refractivity contribution in [3.8, 4) is 0 Å². The summed E-state index contributed by atoms with van der Waals surface area (Å²) in [4.78, 5) is 17.0. The van der Waals surface area contributed by atoms with Crippen LogP contribution in [0.2, 0.25) is 0 Å². The molecule has 5 nitrogen and oxygen atoms in total. The van der Waals surface area contributed by atoms with Gasteiger partial charge in [-0.05, 0) is 56.1 Å². The van der Waals surface area contributed by atoms with Crippen LogP contribution in [-0.4, -0.2) is 59.7 Å². The Kier molecular flexibility index (Phi) is 5.42. The Morgan fingerprint density at radius 1 is 1.16 bits per heavy atom. The first-order chi connectivity index (χ1) is 12.3. The lowest BCUT2D eigenvalue weighted by Gasteiger charge is -2.25. The van der Waals surface area contributed by atoms with E-state index in [0.717, 1.165) is 71.1 Å². The molecule has 2 fully saturated rings. The van der Waals surface area contributed by atoms with Crippen LogP contribution in [0.3, 0.4) is 0 Å². The van der Waals surface area contributed by atoms with Crippen molar-refractivity contribution in [2.45, 2.75) is 45.2 Å². The molecule has 25 heavy (non-hydrogen) atoms. The van der Waals surface area contributed by atoms with E-state index in [0.29, 0.717) is 18.4 Å². The van der Waals surface area contributed by atoms with Crippen molar-refractivity contribution in [3.63, 3.8) is 0 Å². The molecule has 1 amide bonds. The number of likely N-dealkylation sites (tertiary alicyclic amines) is 1. The second-order valence-corrected chi connectivity index (χ2v) is 8.08. The van der Waals surface area contributed by atoms with Gasteiger partial charge in [0.05, 0.1) is 6.54 Å². The van der Waals surface area contributed by atoms with Gasteiger partial charge < -0.3 is 14.2 Å². The van der Waals surface area contributed by atoms with Gasteiger partial charge in [0.2, 0.25) is 5.91 Å². The number of aromatic nitrogens is 1. The third-order valence-corrected chi connectivity index (χ3v) is 5.82. The lowest BCUT2D eigenvalue weighted by molar-refractivity contribution is -0.131. The fraction of sp³-hybridized carbons (Fsp3) is 0.750. The van der Waals surface area contributed by atoms with Gasteiger partial charge in [-0.2, -0.15) is 0 Å². The van der Waals surface area contributed by atoms with E-state index in [2.05, 4.69) is 27.8 Å². The normalized spacial score (nSPS) is 24.3. The van der Waals surface area contributed by atoms with Crippen LogP contribution >= 0.6 is 0 Å². The molecule has 0 spiro atoms. The maximum absolute atomic E-state index is 12.6. The largest absolute Gasteiger partial charge is 0.381 e. The Morgan fingerprint density at radius 3 is 2.80 bits per heavy atom. The number of rotatable bonds is 7. The van der Waals surface area contributed by atoms with Crippen LogP contribution < -0.4 is 0 Å². The quantitative estimate of drug-likeness (QED) is 0.712. The van der Waals surface area contributed by atoms with Crippen LogP contribution in [0.25, 0.3) is 0 Å². The van der Waals surface area contributed by atoms with E-state index in [-0.39, 0.29) is 0 Å². The Balaban J connectivity index is 1.33. The van der Waals surface area contributed by atoms with E-state index in [4.69, 9.17) is 4.74 Å². The van der Waals surface area contributed by atoms with Gasteiger partial charge in [0.1, 0.15) is 0 Å². The van der Waals surface area contributed by atoms with Crippen molar-refractivity contribution in [2.75, 3.05) is 39.4 Å². The minimum atomic E-state index is 0.307. The lowest BCUT2D eigenvalue weighted by Crippen LogP contribution is -2.40. The molecular weight excluding hydrogens is 314 g/mol. The van der Waals surface area contributed by atoms with Gasteiger partial charge in [-0.1, -0.05) is 0 Å². The van der Waals surface area contributed by atoms with Crippen LogP contribution in [-0.2, 0) is 22.6 Å². The summed E-state index contributed by atoms with van der Waals surface area (Å²) < 4.78 is 8.23. The number of fused-ring (bicyclic) bond motifs is 1.